The Bertz CT molecular complexity index is 934. The summed E-state index contributed by atoms with van der Waals surface area (Å²) in [5, 5.41) is 11.1. The van der Waals surface area contributed by atoms with Gasteiger partial charge in [0.25, 0.3) is 0 Å². The van der Waals surface area contributed by atoms with Crippen LogP contribution < -0.4 is 0 Å². The van der Waals surface area contributed by atoms with Gasteiger partial charge in [0.15, 0.2) is 15.0 Å². The molecule has 1 atom stereocenters. The van der Waals surface area contributed by atoms with Crippen LogP contribution in [0.25, 0.3) is 0 Å². The zero-order chi connectivity index (χ0) is 18.3. The van der Waals surface area contributed by atoms with Gasteiger partial charge in [-0.1, -0.05) is 11.8 Å². The van der Waals surface area contributed by atoms with Crippen molar-refractivity contribution < 1.29 is 13.2 Å². The van der Waals surface area contributed by atoms with Crippen molar-refractivity contribution >= 4 is 38.8 Å². The van der Waals surface area contributed by atoms with E-state index in [0.29, 0.717) is 29.7 Å². The highest BCUT2D eigenvalue weighted by Crippen LogP contribution is 2.30. The SMILES string of the molecule is Cn1c(SCC(=O)N2CCc3sccc3C2)nnc1C1CCS(=O)(=O)C1. The van der Waals surface area contributed by atoms with E-state index >= 15 is 0 Å². The van der Waals surface area contributed by atoms with Gasteiger partial charge in [-0.25, -0.2) is 8.42 Å². The van der Waals surface area contributed by atoms with Gasteiger partial charge < -0.3 is 9.47 Å². The van der Waals surface area contributed by atoms with Crippen LogP contribution in [0, 0.1) is 0 Å². The van der Waals surface area contributed by atoms with Gasteiger partial charge in [-0.05, 0) is 29.9 Å². The molecule has 1 unspecified atom stereocenters. The van der Waals surface area contributed by atoms with Crippen LogP contribution >= 0.6 is 23.1 Å². The fourth-order valence-corrected chi connectivity index (χ4v) is 6.93. The molecule has 0 aromatic carbocycles. The van der Waals surface area contributed by atoms with Crippen LogP contribution in [0.2, 0.25) is 0 Å². The Labute approximate surface area is 160 Å². The minimum absolute atomic E-state index is 0.0957. The summed E-state index contributed by atoms with van der Waals surface area (Å²) in [5.74, 6) is 1.36. The molecule has 10 heteroatoms. The first-order valence-electron chi connectivity index (χ1n) is 8.48. The first kappa shape index (κ1) is 18.0. The van der Waals surface area contributed by atoms with Gasteiger partial charge >= 0.3 is 0 Å². The Morgan fingerprint density at radius 2 is 2.27 bits per heavy atom. The maximum Gasteiger partial charge on any atom is 0.233 e. The zero-order valence-corrected chi connectivity index (χ0v) is 16.9. The van der Waals surface area contributed by atoms with Crippen LogP contribution in [0.15, 0.2) is 16.6 Å². The highest BCUT2D eigenvalue weighted by Gasteiger charge is 2.32. The van der Waals surface area contributed by atoms with Gasteiger partial charge in [0.1, 0.15) is 5.82 Å². The molecule has 2 aromatic heterocycles. The van der Waals surface area contributed by atoms with Crippen molar-refractivity contribution in [3.63, 3.8) is 0 Å². The predicted octanol–water partition coefficient (Wildman–Crippen LogP) is 1.46. The first-order chi connectivity index (χ1) is 12.4. The quantitative estimate of drug-likeness (QED) is 0.707. The lowest BCUT2D eigenvalue weighted by Gasteiger charge is -2.26. The van der Waals surface area contributed by atoms with Crippen molar-refractivity contribution in [2.45, 2.75) is 30.5 Å². The maximum absolute atomic E-state index is 12.5. The fourth-order valence-electron chi connectivity index (χ4n) is 3.48. The number of hydrogen-bond donors (Lipinski definition) is 0. The molecule has 4 heterocycles. The molecule has 7 nitrogen and oxygen atoms in total. The van der Waals surface area contributed by atoms with E-state index in [1.807, 2.05) is 16.5 Å². The summed E-state index contributed by atoms with van der Waals surface area (Å²) < 4.78 is 25.2. The molecule has 4 rings (SSSR count). The molecule has 0 bridgehead atoms. The van der Waals surface area contributed by atoms with Crippen LogP contribution in [-0.4, -0.2) is 57.8 Å². The molecule has 2 aliphatic heterocycles. The van der Waals surface area contributed by atoms with Crippen molar-refractivity contribution in [1.29, 1.82) is 0 Å². The highest BCUT2D eigenvalue weighted by molar-refractivity contribution is 7.99. The van der Waals surface area contributed by atoms with Crippen molar-refractivity contribution in [2.75, 3.05) is 23.8 Å². The summed E-state index contributed by atoms with van der Waals surface area (Å²) >= 11 is 3.12. The van der Waals surface area contributed by atoms with Gasteiger partial charge in [-0.3, -0.25) is 4.79 Å². The molecule has 2 aliphatic rings. The van der Waals surface area contributed by atoms with E-state index in [2.05, 4.69) is 21.6 Å². The van der Waals surface area contributed by atoms with E-state index in [9.17, 15) is 13.2 Å². The zero-order valence-electron chi connectivity index (χ0n) is 14.4. The standard InChI is InChI=1S/C16H20N4O3S3/c1-19-15(12-4-7-26(22,23)10-12)17-18-16(19)25-9-14(21)20-5-2-13-11(8-20)3-6-24-13/h3,6,12H,2,4-5,7-10H2,1H3. The van der Waals surface area contributed by atoms with E-state index in [1.54, 1.807) is 11.3 Å². The van der Waals surface area contributed by atoms with E-state index in [-0.39, 0.29) is 23.3 Å². The maximum atomic E-state index is 12.5. The Morgan fingerprint density at radius 1 is 1.42 bits per heavy atom. The fraction of sp³-hybridized carbons (Fsp3) is 0.562. The van der Waals surface area contributed by atoms with Crippen molar-refractivity contribution in [1.82, 2.24) is 19.7 Å². The number of thiophene rings is 1. The molecular formula is C16H20N4O3S3. The van der Waals surface area contributed by atoms with Crippen LogP contribution in [0.4, 0.5) is 0 Å². The molecule has 0 aliphatic carbocycles. The summed E-state index contributed by atoms with van der Waals surface area (Å²) in [6.07, 6.45) is 1.52. The molecule has 26 heavy (non-hydrogen) atoms. The number of amides is 1. The summed E-state index contributed by atoms with van der Waals surface area (Å²) in [6, 6.07) is 2.09. The molecule has 0 spiro atoms. The Balaban J connectivity index is 1.37. The van der Waals surface area contributed by atoms with Gasteiger partial charge in [-0.15, -0.1) is 21.5 Å². The Kier molecular flexibility index (Phi) is 4.83. The topological polar surface area (TPSA) is 85.2 Å². The molecule has 140 valence electrons. The number of rotatable bonds is 4. The van der Waals surface area contributed by atoms with Gasteiger partial charge in [-0.2, -0.15) is 0 Å². The van der Waals surface area contributed by atoms with Crippen molar-refractivity contribution in [3.05, 3.63) is 27.7 Å². The van der Waals surface area contributed by atoms with Crippen LogP contribution in [0.1, 0.15) is 28.6 Å². The summed E-state index contributed by atoms with van der Waals surface area (Å²) in [4.78, 5) is 15.8. The van der Waals surface area contributed by atoms with Gasteiger partial charge in [0.2, 0.25) is 5.91 Å². The van der Waals surface area contributed by atoms with E-state index in [1.165, 1.54) is 22.2 Å². The normalized spacial score (nSPS) is 21.7. The van der Waals surface area contributed by atoms with Gasteiger partial charge in [0.05, 0.1) is 17.3 Å². The number of thioether (sulfide) groups is 1. The molecule has 2 aromatic rings. The number of hydrogen-bond acceptors (Lipinski definition) is 7. The third-order valence-electron chi connectivity index (χ3n) is 4.95. The second-order valence-electron chi connectivity index (χ2n) is 6.72. The highest BCUT2D eigenvalue weighted by atomic mass is 32.2. The van der Waals surface area contributed by atoms with Crippen LogP contribution in [0.3, 0.4) is 0 Å². The average Bonchev–Trinajstić information content (AvgIpc) is 3.30. The molecule has 0 N–H and O–H groups in total. The minimum Gasteiger partial charge on any atom is -0.337 e. The van der Waals surface area contributed by atoms with Crippen LogP contribution in [-0.2, 0) is 34.6 Å². The third kappa shape index (κ3) is 3.54. The number of carbonyl (C=O) groups is 1. The van der Waals surface area contributed by atoms with Crippen molar-refractivity contribution in [2.24, 2.45) is 7.05 Å². The Hall–Kier alpha value is -1.39. The van der Waals surface area contributed by atoms with E-state index in [4.69, 9.17) is 0 Å². The van der Waals surface area contributed by atoms with Gasteiger partial charge in [0, 0.05) is 30.9 Å². The second-order valence-corrected chi connectivity index (χ2v) is 10.9. The van der Waals surface area contributed by atoms with E-state index < -0.39 is 9.84 Å². The largest absolute Gasteiger partial charge is 0.337 e. The molecule has 0 radical (unpaired) electrons. The van der Waals surface area contributed by atoms with Crippen LogP contribution in [0.5, 0.6) is 0 Å². The first-order valence-corrected chi connectivity index (χ1v) is 12.2. The number of carbonyl (C=O) groups excluding carboxylic acids is 1. The number of sulfone groups is 1. The number of fused-ring (bicyclic) bond motifs is 1. The average molecular weight is 413 g/mol. The third-order valence-corrected chi connectivity index (χ3v) is 8.75. The minimum atomic E-state index is -2.96. The number of aromatic nitrogens is 3. The molecular weight excluding hydrogens is 392 g/mol. The smallest absolute Gasteiger partial charge is 0.233 e. The number of nitrogens with zero attached hydrogens (tertiary/aromatic N) is 4. The summed E-state index contributed by atoms with van der Waals surface area (Å²) in [5.41, 5.74) is 1.25. The lowest BCUT2D eigenvalue weighted by Crippen LogP contribution is -2.36. The second kappa shape index (κ2) is 6.97. The lowest BCUT2D eigenvalue weighted by atomic mass is 10.1. The molecule has 1 amide bonds. The molecule has 1 saturated heterocycles. The van der Waals surface area contributed by atoms with E-state index in [0.717, 1.165) is 13.0 Å². The summed E-state index contributed by atoms with van der Waals surface area (Å²) in [7, 11) is -1.12. The molecule has 1 fully saturated rings. The Morgan fingerprint density at radius 3 is 3.04 bits per heavy atom. The summed E-state index contributed by atoms with van der Waals surface area (Å²) in [6.45, 7) is 1.44. The monoisotopic (exact) mass is 412 g/mol. The predicted molar refractivity (Wildman–Crippen MR) is 101 cm³/mol. The molecule has 0 saturated carbocycles. The lowest BCUT2D eigenvalue weighted by molar-refractivity contribution is -0.129. The van der Waals surface area contributed by atoms with Crippen molar-refractivity contribution in [3.8, 4) is 0 Å².